The molecule has 2 saturated heterocycles. The Bertz CT molecular complexity index is 1280. The number of methoxy groups -OCH3 is 1. The number of sulfonamides is 1. The fourth-order valence-corrected chi connectivity index (χ4v) is 6.84. The van der Waals surface area contributed by atoms with Crippen LogP contribution in [0.2, 0.25) is 0 Å². The minimum atomic E-state index is -3.58. The van der Waals surface area contributed by atoms with E-state index in [0.29, 0.717) is 31.7 Å². The Morgan fingerprint density at radius 2 is 1.59 bits per heavy atom. The number of nitrogens with zero attached hydrogens (tertiary/aromatic N) is 2. The standard InChI is InChI=1S/C27H30N2O4S/c1-33-22-11-13-23(14-12-22)34(31,32)28-18-15-21(16-19-28)27(30)29-17-5-10-26(29)25-9-4-7-20-6-2-3-8-24(20)25/h2-4,6-9,11-14,21,26H,5,10,15-19H2,1H3. The lowest BCUT2D eigenvalue weighted by Crippen LogP contribution is -2.44. The van der Waals surface area contributed by atoms with Gasteiger partial charge in [0.15, 0.2) is 0 Å². The molecule has 1 atom stereocenters. The van der Waals surface area contributed by atoms with E-state index >= 15 is 0 Å². The maximum atomic E-state index is 13.6. The summed E-state index contributed by atoms with van der Waals surface area (Å²) in [6.45, 7) is 1.48. The number of hydrogen-bond acceptors (Lipinski definition) is 4. The van der Waals surface area contributed by atoms with Gasteiger partial charge in [-0.1, -0.05) is 42.5 Å². The molecule has 1 amide bonds. The monoisotopic (exact) mass is 478 g/mol. The molecule has 5 rings (SSSR count). The molecule has 6 nitrogen and oxygen atoms in total. The molecule has 2 aliphatic rings. The molecule has 0 spiro atoms. The molecule has 3 aromatic carbocycles. The third-order valence-electron chi connectivity index (χ3n) is 7.22. The minimum absolute atomic E-state index is 0.0830. The number of piperidine rings is 1. The molecular weight excluding hydrogens is 448 g/mol. The summed E-state index contributed by atoms with van der Waals surface area (Å²) in [5, 5.41) is 2.39. The van der Waals surface area contributed by atoms with Gasteiger partial charge in [0.25, 0.3) is 0 Å². The first-order chi connectivity index (χ1) is 16.5. The van der Waals surface area contributed by atoms with Crippen LogP contribution >= 0.6 is 0 Å². The van der Waals surface area contributed by atoms with Crippen molar-refractivity contribution in [3.63, 3.8) is 0 Å². The Balaban J connectivity index is 1.29. The lowest BCUT2D eigenvalue weighted by Gasteiger charge is -2.34. The smallest absolute Gasteiger partial charge is 0.243 e. The van der Waals surface area contributed by atoms with Crippen molar-refractivity contribution in [2.45, 2.75) is 36.6 Å². The number of hydrogen-bond donors (Lipinski definition) is 0. The highest BCUT2D eigenvalue weighted by atomic mass is 32.2. The molecule has 34 heavy (non-hydrogen) atoms. The van der Waals surface area contributed by atoms with Gasteiger partial charge in [0.1, 0.15) is 5.75 Å². The Hall–Kier alpha value is -2.90. The molecule has 2 aliphatic heterocycles. The third-order valence-corrected chi connectivity index (χ3v) is 9.13. The Kier molecular flexibility index (Phi) is 6.32. The lowest BCUT2D eigenvalue weighted by atomic mass is 9.94. The van der Waals surface area contributed by atoms with E-state index in [9.17, 15) is 13.2 Å². The second-order valence-corrected chi connectivity index (χ2v) is 11.0. The number of benzene rings is 3. The molecule has 0 bridgehead atoms. The molecule has 0 aromatic heterocycles. The topological polar surface area (TPSA) is 66.9 Å². The van der Waals surface area contributed by atoms with Gasteiger partial charge in [-0.2, -0.15) is 4.31 Å². The van der Waals surface area contributed by atoms with E-state index in [0.717, 1.165) is 19.4 Å². The molecule has 1 unspecified atom stereocenters. The molecule has 7 heteroatoms. The summed E-state index contributed by atoms with van der Waals surface area (Å²) in [7, 11) is -2.03. The van der Waals surface area contributed by atoms with Gasteiger partial charge in [0.05, 0.1) is 18.0 Å². The number of likely N-dealkylation sites (tertiary alicyclic amines) is 1. The Morgan fingerprint density at radius 3 is 2.32 bits per heavy atom. The summed E-state index contributed by atoms with van der Waals surface area (Å²) in [4.78, 5) is 15.9. The van der Waals surface area contributed by atoms with Gasteiger partial charge in [-0.15, -0.1) is 0 Å². The van der Waals surface area contributed by atoms with E-state index in [2.05, 4.69) is 30.3 Å². The molecule has 0 saturated carbocycles. The molecule has 0 radical (unpaired) electrons. The van der Waals surface area contributed by atoms with E-state index in [4.69, 9.17) is 4.74 Å². The summed E-state index contributed by atoms with van der Waals surface area (Å²) in [5.41, 5.74) is 1.21. The van der Waals surface area contributed by atoms with Crippen LogP contribution in [-0.2, 0) is 14.8 Å². The van der Waals surface area contributed by atoms with Crippen molar-refractivity contribution in [2.24, 2.45) is 5.92 Å². The van der Waals surface area contributed by atoms with Crippen LogP contribution in [0.15, 0.2) is 71.6 Å². The Labute approximate surface area is 201 Å². The predicted molar refractivity (Wildman–Crippen MR) is 132 cm³/mol. The first-order valence-corrected chi connectivity index (χ1v) is 13.4. The van der Waals surface area contributed by atoms with Crippen LogP contribution in [0.5, 0.6) is 5.75 Å². The van der Waals surface area contributed by atoms with Gasteiger partial charge in [-0.25, -0.2) is 8.42 Å². The number of carbonyl (C=O) groups excluding carboxylic acids is 1. The SMILES string of the molecule is COc1ccc(S(=O)(=O)N2CCC(C(=O)N3CCCC3c3cccc4ccccc34)CC2)cc1. The highest BCUT2D eigenvalue weighted by Crippen LogP contribution is 2.38. The maximum absolute atomic E-state index is 13.6. The highest BCUT2D eigenvalue weighted by Gasteiger charge is 2.38. The van der Waals surface area contributed by atoms with E-state index < -0.39 is 10.0 Å². The predicted octanol–water partition coefficient (Wildman–Crippen LogP) is 4.61. The van der Waals surface area contributed by atoms with Crippen molar-refractivity contribution >= 4 is 26.7 Å². The minimum Gasteiger partial charge on any atom is -0.497 e. The van der Waals surface area contributed by atoms with Crippen LogP contribution in [0.1, 0.15) is 37.3 Å². The van der Waals surface area contributed by atoms with E-state index in [1.165, 1.54) is 20.6 Å². The number of fused-ring (bicyclic) bond motifs is 1. The summed E-state index contributed by atoms with van der Waals surface area (Å²) >= 11 is 0. The van der Waals surface area contributed by atoms with Crippen LogP contribution in [-0.4, -0.2) is 50.3 Å². The lowest BCUT2D eigenvalue weighted by molar-refractivity contribution is -0.137. The molecular formula is C27H30N2O4S. The van der Waals surface area contributed by atoms with Gasteiger partial charge in [0.2, 0.25) is 15.9 Å². The normalized spacial score (nSPS) is 20.0. The number of ether oxygens (including phenoxy) is 1. The average Bonchev–Trinajstić information content (AvgIpc) is 3.38. The van der Waals surface area contributed by atoms with E-state index in [1.807, 2.05) is 17.0 Å². The molecule has 0 aliphatic carbocycles. The summed E-state index contributed by atoms with van der Waals surface area (Å²) < 4.78 is 32.8. The highest BCUT2D eigenvalue weighted by molar-refractivity contribution is 7.89. The average molecular weight is 479 g/mol. The zero-order chi connectivity index (χ0) is 23.7. The van der Waals surface area contributed by atoms with Crippen LogP contribution in [0.4, 0.5) is 0 Å². The first-order valence-electron chi connectivity index (χ1n) is 11.9. The van der Waals surface area contributed by atoms with Crippen LogP contribution in [0, 0.1) is 5.92 Å². The second-order valence-electron chi connectivity index (χ2n) is 9.11. The summed E-state index contributed by atoms with van der Waals surface area (Å²) in [5.74, 6) is 0.643. The van der Waals surface area contributed by atoms with Crippen molar-refractivity contribution in [3.05, 3.63) is 72.3 Å². The first kappa shape index (κ1) is 22.9. The van der Waals surface area contributed by atoms with Crippen LogP contribution < -0.4 is 4.74 Å². The summed E-state index contributed by atoms with van der Waals surface area (Å²) in [6, 6.07) is 21.2. The van der Waals surface area contributed by atoms with Gasteiger partial charge in [0, 0.05) is 25.6 Å². The zero-order valence-corrected chi connectivity index (χ0v) is 20.2. The number of carbonyl (C=O) groups is 1. The van der Waals surface area contributed by atoms with E-state index in [-0.39, 0.29) is 22.8 Å². The van der Waals surface area contributed by atoms with Crippen molar-refractivity contribution in [3.8, 4) is 5.75 Å². The second kappa shape index (κ2) is 9.39. The zero-order valence-electron chi connectivity index (χ0n) is 19.4. The number of amides is 1. The van der Waals surface area contributed by atoms with Gasteiger partial charge in [-0.05, 0) is 66.3 Å². The van der Waals surface area contributed by atoms with Crippen molar-refractivity contribution in [1.29, 1.82) is 0 Å². The quantitative estimate of drug-likeness (QED) is 0.537. The molecule has 2 heterocycles. The van der Waals surface area contributed by atoms with Crippen LogP contribution in [0.25, 0.3) is 10.8 Å². The molecule has 178 valence electrons. The fourth-order valence-electron chi connectivity index (χ4n) is 5.37. The maximum Gasteiger partial charge on any atom is 0.243 e. The Morgan fingerprint density at radius 1 is 0.882 bits per heavy atom. The van der Waals surface area contributed by atoms with Crippen molar-refractivity contribution < 1.29 is 17.9 Å². The molecule has 3 aromatic rings. The van der Waals surface area contributed by atoms with Crippen LogP contribution in [0.3, 0.4) is 0 Å². The van der Waals surface area contributed by atoms with Gasteiger partial charge >= 0.3 is 0 Å². The third kappa shape index (κ3) is 4.18. The molecule has 0 N–H and O–H groups in total. The van der Waals surface area contributed by atoms with Gasteiger partial charge in [-0.3, -0.25) is 4.79 Å². The largest absolute Gasteiger partial charge is 0.497 e. The van der Waals surface area contributed by atoms with Crippen molar-refractivity contribution in [1.82, 2.24) is 9.21 Å². The van der Waals surface area contributed by atoms with Gasteiger partial charge < -0.3 is 9.64 Å². The number of rotatable bonds is 5. The molecule has 2 fully saturated rings. The summed E-state index contributed by atoms with van der Waals surface area (Å²) in [6.07, 6.45) is 3.05. The fraction of sp³-hybridized carbons (Fsp3) is 0.370. The van der Waals surface area contributed by atoms with E-state index in [1.54, 1.807) is 31.4 Å². The van der Waals surface area contributed by atoms with Crippen molar-refractivity contribution in [2.75, 3.05) is 26.7 Å².